The lowest BCUT2D eigenvalue weighted by molar-refractivity contribution is 0.0812. The fourth-order valence-electron chi connectivity index (χ4n) is 3.09. The van der Waals surface area contributed by atoms with Gasteiger partial charge in [0.25, 0.3) is 5.91 Å². The predicted octanol–water partition coefficient (Wildman–Crippen LogP) is 3.29. The Morgan fingerprint density at radius 3 is 2.90 bits per heavy atom. The summed E-state index contributed by atoms with van der Waals surface area (Å²) in [4.78, 5) is 12.6. The van der Waals surface area contributed by atoms with Gasteiger partial charge in [-0.2, -0.15) is 0 Å². The number of aryl methyl sites for hydroxylation is 1. The number of benzene rings is 1. The molecule has 0 heterocycles. The monoisotopic (exact) mass is 294 g/mol. The molecule has 3 nitrogen and oxygen atoms in total. The zero-order chi connectivity index (χ0) is 14.8. The van der Waals surface area contributed by atoms with Gasteiger partial charge in [-0.3, -0.25) is 4.79 Å². The first-order valence-electron chi connectivity index (χ1n) is 7.27. The normalized spacial score (nSPS) is 26.3. The highest BCUT2D eigenvalue weighted by Gasteiger charge is 2.38. The Labute approximate surface area is 125 Å². The number of carbonyl (C=O) groups excluding carboxylic acids is 1. The molecule has 3 N–H and O–H groups in total. The third-order valence-electron chi connectivity index (χ3n) is 4.62. The summed E-state index contributed by atoms with van der Waals surface area (Å²) in [5.41, 5.74) is 7.28. The number of halogens is 1. The summed E-state index contributed by atoms with van der Waals surface area (Å²) in [5, 5.41) is 3.78. The van der Waals surface area contributed by atoms with Gasteiger partial charge in [0, 0.05) is 17.1 Å². The van der Waals surface area contributed by atoms with Crippen LogP contribution in [0.25, 0.3) is 0 Å². The van der Waals surface area contributed by atoms with Crippen molar-refractivity contribution in [2.45, 2.75) is 45.1 Å². The Morgan fingerprint density at radius 1 is 1.50 bits per heavy atom. The lowest BCUT2D eigenvalue weighted by Gasteiger charge is -2.42. The van der Waals surface area contributed by atoms with Crippen LogP contribution in [-0.2, 0) is 0 Å². The zero-order valence-electron chi connectivity index (χ0n) is 12.2. The summed E-state index contributed by atoms with van der Waals surface area (Å²) in [7, 11) is 0. The highest BCUT2D eigenvalue weighted by molar-refractivity contribution is 6.31. The van der Waals surface area contributed by atoms with Gasteiger partial charge in [-0.15, -0.1) is 0 Å². The molecule has 0 bridgehead atoms. The maximum absolute atomic E-state index is 12.6. The molecule has 1 fully saturated rings. The van der Waals surface area contributed by atoms with Crippen LogP contribution in [0.3, 0.4) is 0 Å². The molecule has 2 atom stereocenters. The number of hydrogen-bond donors (Lipinski definition) is 2. The summed E-state index contributed by atoms with van der Waals surface area (Å²) < 4.78 is 0. The molecule has 1 saturated carbocycles. The standard InChI is InChI=1S/C16H23ClN2O/c1-11-6-7-13(17)9-14(11)15(20)19-16(10-18)8-4-3-5-12(16)2/h6-7,9,12H,3-5,8,10,18H2,1-2H3,(H,19,20). The van der Waals surface area contributed by atoms with Crippen molar-refractivity contribution in [2.24, 2.45) is 11.7 Å². The number of amides is 1. The lowest BCUT2D eigenvalue weighted by Crippen LogP contribution is -2.59. The summed E-state index contributed by atoms with van der Waals surface area (Å²) in [5.74, 6) is 0.342. The van der Waals surface area contributed by atoms with E-state index >= 15 is 0 Å². The number of nitrogens with two attached hydrogens (primary N) is 1. The van der Waals surface area contributed by atoms with Gasteiger partial charge in [0.1, 0.15) is 0 Å². The van der Waals surface area contributed by atoms with Crippen LogP contribution in [0, 0.1) is 12.8 Å². The molecule has 1 aromatic carbocycles. The van der Waals surface area contributed by atoms with Crippen LogP contribution < -0.4 is 11.1 Å². The second-order valence-electron chi connectivity index (χ2n) is 5.92. The van der Waals surface area contributed by atoms with Crippen LogP contribution >= 0.6 is 11.6 Å². The second-order valence-corrected chi connectivity index (χ2v) is 6.36. The van der Waals surface area contributed by atoms with Crippen LogP contribution in [0.15, 0.2) is 18.2 Å². The highest BCUT2D eigenvalue weighted by atomic mass is 35.5. The number of nitrogens with one attached hydrogen (secondary N) is 1. The largest absolute Gasteiger partial charge is 0.345 e. The van der Waals surface area contributed by atoms with Crippen molar-refractivity contribution in [3.05, 3.63) is 34.3 Å². The molecule has 0 radical (unpaired) electrons. The van der Waals surface area contributed by atoms with Crippen LogP contribution in [0.5, 0.6) is 0 Å². The van der Waals surface area contributed by atoms with Gasteiger partial charge in [-0.1, -0.05) is 37.4 Å². The van der Waals surface area contributed by atoms with Crippen molar-refractivity contribution >= 4 is 17.5 Å². The van der Waals surface area contributed by atoms with E-state index in [1.165, 1.54) is 6.42 Å². The fourth-order valence-corrected chi connectivity index (χ4v) is 3.26. The van der Waals surface area contributed by atoms with E-state index in [1.807, 2.05) is 13.0 Å². The van der Waals surface area contributed by atoms with E-state index in [4.69, 9.17) is 17.3 Å². The van der Waals surface area contributed by atoms with Gasteiger partial charge in [-0.05, 0) is 43.4 Å². The molecule has 1 aromatic rings. The molecule has 1 amide bonds. The van der Waals surface area contributed by atoms with E-state index in [9.17, 15) is 4.79 Å². The van der Waals surface area contributed by atoms with Gasteiger partial charge >= 0.3 is 0 Å². The first-order valence-corrected chi connectivity index (χ1v) is 7.65. The van der Waals surface area contributed by atoms with E-state index in [0.717, 1.165) is 24.8 Å². The van der Waals surface area contributed by atoms with E-state index < -0.39 is 0 Å². The van der Waals surface area contributed by atoms with Gasteiger partial charge < -0.3 is 11.1 Å². The SMILES string of the molecule is Cc1ccc(Cl)cc1C(=O)NC1(CN)CCCCC1C. The topological polar surface area (TPSA) is 55.1 Å². The molecule has 1 aliphatic carbocycles. The average Bonchev–Trinajstić information content (AvgIpc) is 2.44. The molecule has 0 spiro atoms. The van der Waals surface area contributed by atoms with E-state index in [0.29, 0.717) is 23.0 Å². The molecule has 0 aliphatic heterocycles. The van der Waals surface area contributed by atoms with Crippen molar-refractivity contribution in [1.29, 1.82) is 0 Å². The molecule has 110 valence electrons. The van der Waals surface area contributed by atoms with Crippen molar-refractivity contribution in [1.82, 2.24) is 5.32 Å². The van der Waals surface area contributed by atoms with Crippen molar-refractivity contribution in [2.75, 3.05) is 6.54 Å². The minimum atomic E-state index is -0.274. The maximum atomic E-state index is 12.6. The van der Waals surface area contributed by atoms with Crippen molar-refractivity contribution < 1.29 is 4.79 Å². The minimum absolute atomic E-state index is 0.0656. The summed E-state index contributed by atoms with van der Waals surface area (Å²) in [6.45, 7) is 4.58. The highest BCUT2D eigenvalue weighted by Crippen LogP contribution is 2.33. The molecule has 1 aliphatic rings. The van der Waals surface area contributed by atoms with Gasteiger partial charge in [0.2, 0.25) is 0 Å². The molecular formula is C16H23ClN2O. The van der Waals surface area contributed by atoms with Crippen molar-refractivity contribution in [3.8, 4) is 0 Å². The minimum Gasteiger partial charge on any atom is -0.345 e. The van der Waals surface area contributed by atoms with Gasteiger partial charge in [0.05, 0.1) is 5.54 Å². The van der Waals surface area contributed by atoms with Crippen LogP contribution in [0.1, 0.15) is 48.5 Å². The second kappa shape index (κ2) is 6.15. The molecular weight excluding hydrogens is 272 g/mol. The third-order valence-corrected chi connectivity index (χ3v) is 4.86. The molecule has 2 unspecified atom stereocenters. The number of hydrogen-bond acceptors (Lipinski definition) is 2. The third kappa shape index (κ3) is 2.99. The molecule has 0 saturated heterocycles. The van der Waals surface area contributed by atoms with Crippen molar-refractivity contribution in [3.63, 3.8) is 0 Å². The molecule has 20 heavy (non-hydrogen) atoms. The summed E-state index contributed by atoms with van der Waals surface area (Å²) >= 11 is 6.00. The smallest absolute Gasteiger partial charge is 0.252 e. The van der Waals surface area contributed by atoms with Crippen LogP contribution in [0.2, 0.25) is 5.02 Å². The molecule has 0 aromatic heterocycles. The average molecular weight is 295 g/mol. The summed E-state index contributed by atoms with van der Waals surface area (Å²) in [6, 6.07) is 5.40. The van der Waals surface area contributed by atoms with Gasteiger partial charge in [-0.25, -0.2) is 0 Å². The Kier molecular flexibility index (Phi) is 4.71. The van der Waals surface area contributed by atoms with E-state index in [2.05, 4.69) is 12.2 Å². The van der Waals surface area contributed by atoms with E-state index in [-0.39, 0.29) is 11.4 Å². The Balaban J connectivity index is 2.23. The fraction of sp³-hybridized carbons (Fsp3) is 0.562. The van der Waals surface area contributed by atoms with Crippen LogP contribution in [0.4, 0.5) is 0 Å². The summed E-state index contributed by atoms with van der Waals surface area (Å²) in [6.07, 6.45) is 4.41. The maximum Gasteiger partial charge on any atom is 0.252 e. The van der Waals surface area contributed by atoms with Crippen LogP contribution in [-0.4, -0.2) is 18.0 Å². The number of rotatable bonds is 3. The lowest BCUT2D eigenvalue weighted by atomic mass is 9.73. The zero-order valence-corrected chi connectivity index (χ0v) is 13.0. The van der Waals surface area contributed by atoms with E-state index in [1.54, 1.807) is 12.1 Å². The quantitative estimate of drug-likeness (QED) is 0.899. The first kappa shape index (κ1) is 15.3. The molecule has 2 rings (SSSR count). The van der Waals surface area contributed by atoms with Gasteiger partial charge in [0.15, 0.2) is 0 Å². The predicted molar refractivity (Wildman–Crippen MR) is 83.1 cm³/mol. The Bertz CT molecular complexity index is 503. The molecule has 4 heteroatoms. The first-order chi connectivity index (χ1) is 9.48. The number of carbonyl (C=O) groups is 1. The Morgan fingerprint density at radius 2 is 2.25 bits per heavy atom. The Hall–Kier alpha value is -1.06.